The number of aliphatic hydroxyl groups is 1. The smallest absolute Gasteiger partial charge is 0.519 e. The summed E-state index contributed by atoms with van der Waals surface area (Å²) in [6.07, 6.45) is -1.73. The highest BCUT2D eigenvalue weighted by atomic mass is 16.4. The quantitative estimate of drug-likeness (QED) is 0.445. The van der Waals surface area contributed by atoms with E-state index in [1.165, 1.54) is 0 Å². The first-order valence-electron chi connectivity index (χ1n) is 4.28. The molecule has 5 N–H and O–H groups in total. The summed E-state index contributed by atoms with van der Waals surface area (Å²) in [5.74, 6) is -3.55. The Morgan fingerprint density at radius 2 is 1.87 bits per heavy atom. The van der Waals surface area contributed by atoms with Crippen LogP contribution < -0.4 is 5.32 Å². The minimum atomic E-state index is -2.33. The summed E-state index contributed by atoms with van der Waals surface area (Å²) in [6, 6.07) is 0. The van der Waals surface area contributed by atoms with E-state index in [2.05, 4.69) is 5.32 Å². The Morgan fingerprint density at radius 3 is 2.20 bits per heavy atom. The van der Waals surface area contributed by atoms with Gasteiger partial charge in [-0.15, -0.1) is 0 Å². The molecule has 0 aromatic carbocycles. The van der Waals surface area contributed by atoms with E-state index < -0.39 is 36.3 Å². The third-order valence-corrected chi connectivity index (χ3v) is 1.66. The number of carboxylic acids is 1. The van der Waals surface area contributed by atoms with E-state index in [4.69, 9.17) is 10.2 Å². The Hall–Kier alpha value is -1.63. The Labute approximate surface area is 85.7 Å². The third-order valence-electron chi connectivity index (χ3n) is 1.66. The van der Waals surface area contributed by atoms with Gasteiger partial charge in [0.25, 0.3) is 5.91 Å². The number of rotatable bonds is 6. The SMILES string of the molecule is CCNC(=O)C(O)(CC(=O)O)CC(=O)[OH2+]. The number of amides is 1. The lowest BCUT2D eigenvalue weighted by molar-refractivity contribution is -0.158. The maximum atomic E-state index is 11.3. The number of carboxylic acid groups (broad SMARTS) is 1. The monoisotopic (exact) mass is 220 g/mol. The van der Waals surface area contributed by atoms with Crippen molar-refractivity contribution in [1.82, 2.24) is 5.32 Å². The van der Waals surface area contributed by atoms with Crippen molar-refractivity contribution in [2.24, 2.45) is 0 Å². The van der Waals surface area contributed by atoms with Crippen LogP contribution in [0, 0.1) is 0 Å². The molecule has 1 atom stereocenters. The van der Waals surface area contributed by atoms with Crippen molar-refractivity contribution in [1.29, 1.82) is 0 Å². The molecule has 0 aliphatic rings. The maximum Gasteiger partial charge on any atom is 0.519 e. The first-order valence-corrected chi connectivity index (χ1v) is 4.28. The van der Waals surface area contributed by atoms with Crippen molar-refractivity contribution in [2.75, 3.05) is 6.54 Å². The molecule has 86 valence electrons. The van der Waals surface area contributed by atoms with Crippen LogP contribution in [-0.4, -0.2) is 45.3 Å². The summed E-state index contributed by atoms with van der Waals surface area (Å²) in [5, 5.41) is 26.9. The standard InChI is InChI=1S/C8H13NO6/c1-2-9-7(14)8(15,3-5(10)11)4-6(12)13/h15H,2-4H2,1H3,(H,9,14)(H,10,11)(H,12,13)/p+1. The van der Waals surface area contributed by atoms with Gasteiger partial charge < -0.3 is 20.6 Å². The summed E-state index contributed by atoms with van der Waals surface area (Å²) in [4.78, 5) is 32.2. The first kappa shape index (κ1) is 13.4. The van der Waals surface area contributed by atoms with Crippen LogP contribution in [0.1, 0.15) is 19.8 Å². The lowest BCUT2D eigenvalue weighted by Gasteiger charge is -2.21. The van der Waals surface area contributed by atoms with Gasteiger partial charge in [-0.2, -0.15) is 0 Å². The van der Waals surface area contributed by atoms with Crippen molar-refractivity contribution in [2.45, 2.75) is 25.4 Å². The molecule has 7 nitrogen and oxygen atoms in total. The molecule has 7 heteroatoms. The van der Waals surface area contributed by atoms with Crippen LogP contribution in [0.15, 0.2) is 0 Å². The average molecular weight is 220 g/mol. The molecule has 0 bridgehead atoms. The third kappa shape index (κ3) is 4.41. The Kier molecular flexibility index (Phi) is 4.72. The van der Waals surface area contributed by atoms with E-state index in [0.717, 1.165) is 0 Å². The molecule has 0 heterocycles. The molecule has 0 aliphatic carbocycles. The highest BCUT2D eigenvalue weighted by Crippen LogP contribution is 2.15. The second-order valence-corrected chi connectivity index (χ2v) is 3.06. The topological polar surface area (TPSA) is 127 Å². The van der Waals surface area contributed by atoms with Crippen molar-refractivity contribution in [3.8, 4) is 0 Å². The van der Waals surface area contributed by atoms with Gasteiger partial charge in [0.2, 0.25) is 0 Å². The lowest BCUT2D eigenvalue weighted by Crippen LogP contribution is -2.49. The zero-order valence-electron chi connectivity index (χ0n) is 8.24. The van der Waals surface area contributed by atoms with Crippen LogP contribution in [-0.2, 0) is 14.4 Å². The second-order valence-electron chi connectivity index (χ2n) is 3.06. The number of likely N-dealkylation sites (N-methyl/N-ethyl adjacent to an activating group) is 1. The van der Waals surface area contributed by atoms with Gasteiger partial charge >= 0.3 is 11.9 Å². The van der Waals surface area contributed by atoms with E-state index in [-0.39, 0.29) is 6.54 Å². The molecule has 1 unspecified atom stereocenters. The molecule has 0 saturated carbocycles. The van der Waals surface area contributed by atoms with Gasteiger partial charge in [0.1, 0.15) is 6.42 Å². The van der Waals surface area contributed by atoms with Crippen LogP contribution >= 0.6 is 0 Å². The van der Waals surface area contributed by atoms with Crippen molar-refractivity contribution < 1.29 is 29.7 Å². The molecule has 0 aliphatic heterocycles. The molecule has 1 amide bonds. The normalized spacial score (nSPS) is 14.0. The summed E-state index contributed by atoms with van der Waals surface area (Å²) < 4.78 is 0. The highest BCUT2D eigenvalue weighted by molar-refractivity contribution is 5.92. The lowest BCUT2D eigenvalue weighted by atomic mass is 9.94. The Balaban J connectivity index is 4.74. The zero-order valence-corrected chi connectivity index (χ0v) is 8.24. The summed E-state index contributed by atoms with van der Waals surface area (Å²) in [6.45, 7) is 1.79. The fourth-order valence-corrected chi connectivity index (χ4v) is 1.06. The first-order chi connectivity index (χ1) is 6.81. The van der Waals surface area contributed by atoms with E-state index in [1.807, 2.05) is 0 Å². The fraction of sp³-hybridized carbons (Fsp3) is 0.625. The van der Waals surface area contributed by atoms with Crippen LogP contribution in [0.25, 0.3) is 0 Å². The van der Waals surface area contributed by atoms with Gasteiger partial charge in [0.15, 0.2) is 5.60 Å². The number of hydrogen-bond donors (Lipinski definition) is 3. The molecular weight excluding hydrogens is 206 g/mol. The maximum absolute atomic E-state index is 11.3. The molecule has 15 heavy (non-hydrogen) atoms. The molecular formula is C8H14NO6+. The summed E-state index contributed by atoms with van der Waals surface area (Å²) >= 11 is 0. The number of carbonyl (C=O) groups is 3. The summed E-state index contributed by atoms with van der Waals surface area (Å²) in [7, 11) is 0. The number of nitrogens with one attached hydrogen (secondary N) is 1. The van der Waals surface area contributed by atoms with Gasteiger partial charge in [0.05, 0.1) is 6.42 Å². The largest absolute Gasteiger partial charge is 0.565 e. The zero-order chi connectivity index (χ0) is 12.1. The van der Waals surface area contributed by atoms with Crippen LogP contribution in [0.5, 0.6) is 0 Å². The fourth-order valence-electron chi connectivity index (χ4n) is 1.06. The molecule has 0 aromatic rings. The van der Waals surface area contributed by atoms with Gasteiger partial charge in [-0.05, 0) is 6.92 Å². The highest BCUT2D eigenvalue weighted by Gasteiger charge is 2.42. The van der Waals surface area contributed by atoms with Gasteiger partial charge in [-0.1, -0.05) is 0 Å². The minimum absolute atomic E-state index is 0.201. The van der Waals surface area contributed by atoms with E-state index >= 15 is 0 Å². The van der Waals surface area contributed by atoms with Crippen molar-refractivity contribution in [3.05, 3.63) is 0 Å². The minimum Gasteiger partial charge on any atom is -0.565 e. The average Bonchev–Trinajstić information content (AvgIpc) is 2.01. The van der Waals surface area contributed by atoms with Crippen LogP contribution in [0.2, 0.25) is 0 Å². The molecule has 0 saturated heterocycles. The van der Waals surface area contributed by atoms with Gasteiger partial charge in [-0.3, -0.25) is 9.59 Å². The molecule has 0 radical (unpaired) electrons. The molecule has 0 spiro atoms. The van der Waals surface area contributed by atoms with E-state index in [9.17, 15) is 19.5 Å². The number of aliphatic carboxylic acids is 1. The molecule has 0 fully saturated rings. The predicted molar refractivity (Wildman–Crippen MR) is 49.1 cm³/mol. The van der Waals surface area contributed by atoms with Crippen molar-refractivity contribution >= 4 is 17.8 Å². The van der Waals surface area contributed by atoms with Crippen molar-refractivity contribution in [3.63, 3.8) is 0 Å². The van der Waals surface area contributed by atoms with Crippen LogP contribution in [0.3, 0.4) is 0 Å². The Bertz CT molecular complexity index is 258. The van der Waals surface area contributed by atoms with E-state index in [1.54, 1.807) is 6.92 Å². The summed E-state index contributed by atoms with van der Waals surface area (Å²) in [5.41, 5.74) is -2.33. The molecule has 0 aromatic heterocycles. The number of hydrogen-bond acceptors (Lipinski definition) is 4. The second kappa shape index (κ2) is 5.30. The number of carbonyl (C=O) groups excluding carboxylic acids is 2. The molecule has 0 rings (SSSR count). The van der Waals surface area contributed by atoms with E-state index in [0.29, 0.717) is 0 Å². The Morgan fingerprint density at radius 1 is 1.33 bits per heavy atom. The predicted octanol–water partition coefficient (Wildman–Crippen LogP) is -2.03. The van der Waals surface area contributed by atoms with Gasteiger partial charge in [0, 0.05) is 11.3 Å². The van der Waals surface area contributed by atoms with Crippen LogP contribution in [0.4, 0.5) is 0 Å². The van der Waals surface area contributed by atoms with Gasteiger partial charge in [-0.25, -0.2) is 0 Å².